The summed E-state index contributed by atoms with van der Waals surface area (Å²) in [4.78, 5) is 8.78. The van der Waals surface area contributed by atoms with Gasteiger partial charge in [-0.15, -0.1) is 71.8 Å². The molecular weight excluding hydrogens is 589 g/mol. The van der Waals surface area contributed by atoms with E-state index in [2.05, 4.69) is 48.1 Å². The Morgan fingerprint density at radius 1 is 0.606 bits per heavy atom. The summed E-state index contributed by atoms with van der Waals surface area (Å²) in [5.74, 6) is 0. The summed E-state index contributed by atoms with van der Waals surface area (Å²) in [7, 11) is 2.00. The van der Waals surface area contributed by atoms with E-state index in [0.717, 1.165) is 49.6 Å². The first-order chi connectivity index (χ1) is 15.8. The molecule has 174 valence electrons. The minimum atomic E-state index is 0. The molecule has 0 aliphatic rings. The Morgan fingerprint density at radius 2 is 1.00 bits per heavy atom. The van der Waals surface area contributed by atoms with Gasteiger partial charge in [0.05, 0.1) is 0 Å². The maximum atomic E-state index is 7.00. The predicted molar refractivity (Wildman–Crippen MR) is 132 cm³/mol. The fourth-order valence-electron chi connectivity index (χ4n) is 2.69. The Kier molecular flexibility index (Phi) is 17.3. The number of aromatic nitrogens is 2. The second-order valence-electron chi connectivity index (χ2n) is 6.36. The minimum Gasteiger partial charge on any atom is -0.400 e. The monoisotopic (exact) mass is 621 g/mol. The number of aliphatic hydroxyl groups excluding tert-OH is 2. The van der Waals surface area contributed by atoms with Crippen LogP contribution < -0.4 is 0 Å². The molecule has 0 amide bonds. The van der Waals surface area contributed by atoms with Gasteiger partial charge < -0.3 is 20.2 Å². The van der Waals surface area contributed by atoms with Gasteiger partial charge in [0.2, 0.25) is 0 Å². The number of hydrogen-bond donors (Lipinski definition) is 2. The van der Waals surface area contributed by atoms with Crippen molar-refractivity contribution < 1.29 is 30.3 Å². The number of aliphatic hydroxyl groups is 2. The van der Waals surface area contributed by atoms with Crippen molar-refractivity contribution in [2.24, 2.45) is 0 Å². The quantitative estimate of drug-likeness (QED) is 0.299. The molecule has 0 saturated carbocycles. The molecule has 2 heterocycles. The molecule has 4 aromatic rings. The molecule has 0 atom stereocenters. The molecule has 0 radical (unpaired) electrons. The largest absolute Gasteiger partial charge is 3.00 e. The maximum absolute atomic E-state index is 7.00. The average Bonchev–Trinajstić information content (AvgIpc) is 2.92. The van der Waals surface area contributed by atoms with Crippen molar-refractivity contribution in [1.82, 2.24) is 9.97 Å². The molecule has 0 saturated heterocycles. The van der Waals surface area contributed by atoms with Crippen molar-refractivity contribution in [2.75, 3.05) is 14.2 Å². The summed E-state index contributed by atoms with van der Waals surface area (Å²) in [6.45, 7) is 4.26. The van der Waals surface area contributed by atoms with Gasteiger partial charge in [0, 0.05) is 26.6 Å². The molecule has 0 fully saturated rings. The summed E-state index contributed by atoms with van der Waals surface area (Å²) >= 11 is 0. The van der Waals surface area contributed by atoms with Crippen molar-refractivity contribution in [2.45, 2.75) is 26.7 Å². The summed E-state index contributed by atoms with van der Waals surface area (Å²) in [5, 5.41) is 14.0. The van der Waals surface area contributed by atoms with Crippen LogP contribution in [0.3, 0.4) is 0 Å². The fraction of sp³-hybridized carbons (Fsp3) is 0.214. The zero-order chi connectivity index (χ0) is 23.6. The van der Waals surface area contributed by atoms with Gasteiger partial charge in [-0.25, -0.2) is 0 Å². The molecule has 4 rings (SSSR count). The normalized spacial score (nSPS) is 8.91. The third-order valence-corrected chi connectivity index (χ3v) is 4.44. The Hall–Kier alpha value is -2.69. The van der Waals surface area contributed by atoms with Gasteiger partial charge in [-0.05, 0) is 35.4 Å². The molecule has 2 aromatic carbocycles. The van der Waals surface area contributed by atoms with Crippen molar-refractivity contribution >= 4 is 0 Å². The van der Waals surface area contributed by atoms with Gasteiger partial charge in [-0.3, -0.25) is 0 Å². The Balaban J connectivity index is 0.000000526. The van der Waals surface area contributed by atoms with Crippen molar-refractivity contribution in [1.29, 1.82) is 0 Å². The van der Waals surface area contributed by atoms with Gasteiger partial charge in [-0.1, -0.05) is 38.1 Å². The van der Waals surface area contributed by atoms with Crippen molar-refractivity contribution in [3.05, 3.63) is 108 Å². The molecule has 33 heavy (non-hydrogen) atoms. The van der Waals surface area contributed by atoms with Crippen LogP contribution in [0.2, 0.25) is 0 Å². The van der Waals surface area contributed by atoms with E-state index in [0.29, 0.717) is 0 Å². The van der Waals surface area contributed by atoms with Crippen LogP contribution in [-0.4, -0.2) is 34.4 Å². The number of benzene rings is 2. The van der Waals surface area contributed by atoms with Gasteiger partial charge >= 0.3 is 20.1 Å². The van der Waals surface area contributed by atoms with Crippen LogP contribution >= 0.6 is 0 Å². The van der Waals surface area contributed by atoms with Gasteiger partial charge in [0.15, 0.2) is 0 Å². The molecule has 0 aliphatic heterocycles. The van der Waals surface area contributed by atoms with Gasteiger partial charge in [0.1, 0.15) is 0 Å². The fourth-order valence-corrected chi connectivity index (χ4v) is 2.69. The van der Waals surface area contributed by atoms with E-state index in [9.17, 15) is 0 Å². The molecule has 2 aromatic heterocycles. The molecular formula is C28H32IrN2O2+. The first-order valence-corrected chi connectivity index (χ1v) is 10.5. The summed E-state index contributed by atoms with van der Waals surface area (Å²) < 4.78 is 0. The molecule has 4 nitrogen and oxygen atoms in total. The maximum Gasteiger partial charge on any atom is 3.00 e. The van der Waals surface area contributed by atoms with Crippen LogP contribution in [-0.2, 0) is 32.9 Å². The molecule has 0 bridgehead atoms. The summed E-state index contributed by atoms with van der Waals surface area (Å²) in [6, 6.07) is 30.4. The molecule has 0 spiro atoms. The number of hydrogen-bond acceptors (Lipinski definition) is 4. The Bertz CT molecular complexity index is 879. The van der Waals surface area contributed by atoms with Crippen molar-refractivity contribution in [3.63, 3.8) is 0 Å². The second kappa shape index (κ2) is 18.8. The number of aryl methyl sites for hydroxylation is 2. The second-order valence-corrected chi connectivity index (χ2v) is 6.36. The first kappa shape index (κ1) is 30.3. The minimum absolute atomic E-state index is 0. The van der Waals surface area contributed by atoms with E-state index in [1.54, 1.807) is 0 Å². The predicted octanol–water partition coefficient (Wildman–Crippen LogP) is 5.44. The van der Waals surface area contributed by atoms with Crippen molar-refractivity contribution in [3.8, 4) is 22.5 Å². The topological polar surface area (TPSA) is 66.2 Å². The van der Waals surface area contributed by atoms with E-state index in [4.69, 9.17) is 10.2 Å². The van der Waals surface area contributed by atoms with Crippen LogP contribution in [0.1, 0.15) is 25.0 Å². The van der Waals surface area contributed by atoms with Gasteiger partial charge in [0.25, 0.3) is 0 Å². The standard InChI is InChI=1S/2C13H12N.2CH4O.Ir/c2*1-2-11-8-9-13(14-10-11)12-6-4-3-5-7-12;2*1-2;/h2*3-6,8-10H,2H2,1H3;2*2H,1H3;/q2*-1;;;+3. The Labute approximate surface area is 211 Å². The number of nitrogens with zero attached hydrogens (tertiary/aromatic N) is 2. The average molecular weight is 621 g/mol. The van der Waals surface area contributed by atoms with E-state index in [1.807, 2.05) is 73.1 Å². The van der Waals surface area contributed by atoms with E-state index >= 15 is 0 Å². The summed E-state index contributed by atoms with van der Waals surface area (Å²) in [5.41, 5.74) is 6.62. The Morgan fingerprint density at radius 3 is 1.24 bits per heavy atom. The molecule has 5 heteroatoms. The molecule has 0 unspecified atom stereocenters. The van der Waals surface area contributed by atoms with Gasteiger partial charge in [-0.2, -0.15) is 0 Å². The zero-order valence-electron chi connectivity index (χ0n) is 19.6. The smallest absolute Gasteiger partial charge is 0.400 e. The number of pyridine rings is 2. The van der Waals surface area contributed by atoms with E-state index in [1.165, 1.54) is 11.1 Å². The molecule has 0 aliphatic carbocycles. The van der Waals surface area contributed by atoms with Crippen LogP contribution in [0.4, 0.5) is 0 Å². The number of rotatable bonds is 4. The third-order valence-electron chi connectivity index (χ3n) is 4.44. The van der Waals surface area contributed by atoms with Crippen LogP contribution in [0.5, 0.6) is 0 Å². The van der Waals surface area contributed by atoms with Crippen LogP contribution in [0.25, 0.3) is 22.5 Å². The van der Waals surface area contributed by atoms with E-state index < -0.39 is 0 Å². The SMILES string of the molecule is CCc1ccc(-c2[c-]cccc2)nc1.CCc1ccc(-c2[c-]cccc2)nc1.CO.CO.[Ir+3]. The van der Waals surface area contributed by atoms with Crippen LogP contribution in [0, 0.1) is 12.1 Å². The third kappa shape index (κ3) is 10.6. The van der Waals surface area contributed by atoms with E-state index in [-0.39, 0.29) is 20.1 Å². The zero-order valence-corrected chi connectivity index (χ0v) is 22.0. The summed E-state index contributed by atoms with van der Waals surface area (Å²) in [6.07, 6.45) is 5.92. The van der Waals surface area contributed by atoms with Crippen LogP contribution in [0.15, 0.2) is 85.2 Å². The first-order valence-electron chi connectivity index (χ1n) is 10.5. The molecule has 2 N–H and O–H groups in total.